The van der Waals surface area contributed by atoms with E-state index in [0.29, 0.717) is 5.75 Å². The topological polar surface area (TPSA) is 59.0 Å². The number of hydrazone groups is 1. The molecule has 5 heteroatoms. The molecule has 2 amide bonds. The number of carbonyl (C=O) groups excluding carboxylic acids is 2. The number of nitrogens with zero attached hydrogens (tertiary/aromatic N) is 2. The third kappa shape index (κ3) is 1.75. The highest BCUT2D eigenvalue weighted by molar-refractivity contribution is 6.06. The summed E-state index contributed by atoms with van der Waals surface area (Å²) in [5, 5.41) is 5.19. The summed E-state index contributed by atoms with van der Waals surface area (Å²) < 4.78 is 5.24. The van der Waals surface area contributed by atoms with Gasteiger partial charge < -0.3 is 4.74 Å². The summed E-state index contributed by atoms with van der Waals surface area (Å²) in [4.78, 5) is 25.0. The molecule has 4 rings (SSSR count). The van der Waals surface area contributed by atoms with E-state index in [1.807, 2.05) is 24.3 Å². The second-order valence-corrected chi connectivity index (χ2v) is 5.97. The Bertz CT molecular complexity index is 680. The van der Waals surface area contributed by atoms with E-state index in [-0.39, 0.29) is 35.5 Å². The van der Waals surface area contributed by atoms with Crippen molar-refractivity contribution >= 4 is 18.0 Å². The number of carbonyl (C=O) groups is 2. The van der Waals surface area contributed by atoms with Crippen LogP contribution >= 0.6 is 0 Å². The lowest BCUT2D eigenvalue weighted by Gasteiger charge is -2.13. The maximum Gasteiger partial charge on any atom is 0.254 e. The van der Waals surface area contributed by atoms with Crippen molar-refractivity contribution in [3.05, 3.63) is 42.0 Å². The molecule has 0 N–H and O–H groups in total. The fourth-order valence-electron chi connectivity index (χ4n) is 3.89. The molecular formula is C17H16N2O3. The summed E-state index contributed by atoms with van der Waals surface area (Å²) >= 11 is 0. The molecule has 1 heterocycles. The molecule has 1 saturated heterocycles. The van der Waals surface area contributed by atoms with Gasteiger partial charge in [0.15, 0.2) is 0 Å². The molecule has 1 saturated carbocycles. The SMILES string of the molecule is COc1ccccc1C=NN1C(=O)C2C3C=CC(C3)C2C1=O. The van der Waals surface area contributed by atoms with Crippen LogP contribution in [0.25, 0.3) is 0 Å². The molecule has 22 heavy (non-hydrogen) atoms. The van der Waals surface area contributed by atoms with E-state index in [4.69, 9.17) is 4.74 Å². The van der Waals surface area contributed by atoms with Gasteiger partial charge in [-0.3, -0.25) is 9.59 Å². The number of benzene rings is 1. The maximum atomic E-state index is 12.5. The summed E-state index contributed by atoms with van der Waals surface area (Å²) in [6, 6.07) is 7.36. The van der Waals surface area contributed by atoms with Crippen LogP contribution < -0.4 is 4.74 Å². The van der Waals surface area contributed by atoms with Crippen molar-refractivity contribution in [2.45, 2.75) is 6.42 Å². The van der Waals surface area contributed by atoms with Crippen LogP contribution in [0.5, 0.6) is 5.75 Å². The minimum absolute atomic E-state index is 0.169. The predicted molar refractivity (Wildman–Crippen MR) is 80.2 cm³/mol. The van der Waals surface area contributed by atoms with Crippen LogP contribution in [-0.2, 0) is 9.59 Å². The Morgan fingerprint density at radius 2 is 1.77 bits per heavy atom. The van der Waals surface area contributed by atoms with Crippen molar-refractivity contribution in [2.75, 3.05) is 7.11 Å². The smallest absolute Gasteiger partial charge is 0.254 e. The van der Waals surface area contributed by atoms with Crippen molar-refractivity contribution in [1.29, 1.82) is 0 Å². The number of hydrogen-bond donors (Lipinski definition) is 0. The minimum Gasteiger partial charge on any atom is -0.496 e. The molecule has 2 fully saturated rings. The van der Waals surface area contributed by atoms with Crippen molar-refractivity contribution in [3.8, 4) is 5.75 Å². The second kappa shape index (κ2) is 4.80. The normalized spacial score (nSPS) is 32.3. The molecule has 5 nitrogen and oxygen atoms in total. The summed E-state index contributed by atoms with van der Waals surface area (Å²) in [6.45, 7) is 0. The Balaban J connectivity index is 1.61. The van der Waals surface area contributed by atoms with Gasteiger partial charge in [0.1, 0.15) is 5.75 Å². The van der Waals surface area contributed by atoms with E-state index in [1.54, 1.807) is 7.11 Å². The summed E-state index contributed by atoms with van der Waals surface area (Å²) in [5.41, 5.74) is 0.740. The third-order valence-corrected chi connectivity index (χ3v) is 4.90. The van der Waals surface area contributed by atoms with Crippen molar-refractivity contribution in [1.82, 2.24) is 5.01 Å². The van der Waals surface area contributed by atoms with Crippen LogP contribution in [-0.4, -0.2) is 30.1 Å². The Kier molecular flexibility index (Phi) is 2.89. The molecule has 1 aromatic rings. The van der Waals surface area contributed by atoms with E-state index in [9.17, 15) is 9.59 Å². The molecule has 4 unspecified atom stereocenters. The monoisotopic (exact) mass is 296 g/mol. The second-order valence-electron chi connectivity index (χ2n) is 5.97. The highest BCUT2D eigenvalue weighted by Crippen LogP contribution is 2.52. The van der Waals surface area contributed by atoms with Gasteiger partial charge in [0.05, 0.1) is 25.2 Å². The summed E-state index contributed by atoms with van der Waals surface area (Å²) in [7, 11) is 1.58. The first kappa shape index (κ1) is 13.2. The molecule has 1 aliphatic heterocycles. The Morgan fingerprint density at radius 1 is 1.14 bits per heavy atom. The quantitative estimate of drug-likeness (QED) is 0.486. The molecule has 1 aromatic carbocycles. The van der Waals surface area contributed by atoms with E-state index >= 15 is 0 Å². The zero-order valence-corrected chi connectivity index (χ0v) is 12.2. The van der Waals surface area contributed by atoms with E-state index < -0.39 is 0 Å². The van der Waals surface area contributed by atoms with E-state index in [2.05, 4.69) is 17.3 Å². The van der Waals surface area contributed by atoms with Gasteiger partial charge in [-0.15, -0.1) is 0 Å². The van der Waals surface area contributed by atoms with Gasteiger partial charge in [-0.1, -0.05) is 24.3 Å². The average Bonchev–Trinajstić information content (AvgIpc) is 3.21. The number of hydrogen-bond acceptors (Lipinski definition) is 4. The first-order chi connectivity index (χ1) is 10.7. The standard InChI is InChI=1S/C17H16N2O3/c1-22-13-5-3-2-4-12(13)9-18-19-16(20)14-10-6-7-11(8-10)15(14)17(19)21/h2-7,9-11,14-15H,8H2,1H3. The molecule has 3 aliphatic rings. The van der Waals surface area contributed by atoms with Crippen LogP contribution in [0.15, 0.2) is 41.5 Å². The molecule has 0 spiro atoms. The first-order valence-electron chi connectivity index (χ1n) is 7.44. The number of imide groups is 1. The maximum absolute atomic E-state index is 12.5. The number of rotatable bonds is 3. The largest absolute Gasteiger partial charge is 0.496 e. The van der Waals surface area contributed by atoms with Gasteiger partial charge in [0, 0.05) is 5.56 Å². The molecule has 0 radical (unpaired) electrons. The molecule has 2 aliphatic carbocycles. The van der Waals surface area contributed by atoms with Crippen LogP contribution in [0.4, 0.5) is 0 Å². The summed E-state index contributed by atoms with van der Waals surface area (Å²) in [6.07, 6.45) is 6.59. The highest BCUT2D eigenvalue weighted by atomic mass is 16.5. The van der Waals surface area contributed by atoms with Gasteiger partial charge in [0.25, 0.3) is 11.8 Å². The minimum atomic E-state index is -0.211. The number of methoxy groups -OCH3 is 1. The Hall–Kier alpha value is -2.43. The van der Waals surface area contributed by atoms with Gasteiger partial charge in [-0.05, 0) is 30.4 Å². The molecule has 4 atom stereocenters. The highest BCUT2D eigenvalue weighted by Gasteiger charge is 2.59. The fraction of sp³-hybridized carbons (Fsp3) is 0.353. The zero-order chi connectivity index (χ0) is 15.3. The summed E-state index contributed by atoms with van der Waals surface area (Å²) in [5.74, 6) is 0.314. The molecular weight excluding hydrogens is 280 g/mol. The Labute approximate surface area is 128 Å². The number of fused-ring (bicyclic) bond motifs is 5. The van der Waals surface area contributed by atoms with Crippen molar-refractivity contribution in [3.63, 3.8) is 0 Å². The predicted octanol–water partition coefficient (Wildman–Crippen LogP) is 1.84. The fourth-order valence-corrected chi connectivity index (χ4v) is 3.89. The van der Waals surface area contributed by atoms with Gasteiger partial charge >= 0.3 is 0 Å². The zero-order valence-electron chi connectivity index (χ0n) is 12.2. The molecule has 112 valence electrons. The number of amides is 2. The lowest BCUT2D eigenvalue weighted by molar-refractivity contribution is -0.140. The molecule has 2 bridgehead atoms. The van der Waals surface area contributed by atoms with Crippen molar-refractivity contribution in [2.24, 2.45) is 28.8 Å². The van der Waals surface area contributed by atoms with Crippen LogP contribution in [0.1, 0.15) is 12.0 Å². The van der Waals surface area contributed by atoms with Crippen LogP contribution in [0, 0.1) is 23.7 Å². The van der Waals surface area contributed by atoms with Gasteiger partial charge in [-0.2, -0.15) is 10.1 Å². The lowest BCUT2D eigenvalue weighted by Crippen LogP contribution is -2.28. The number of allylic oxidation sites excluding steroid dienone is 2. The number of ether oxygens (including phenoxy) is 1. The van der Waals surface area contributed by atoms with Crippen molar-refractivity contribution < 1.29 is 14.3 Å². The average molecular weight is 296 g/mol. The third-order valence-electron chi connectivity index (χ3n) is 4.90. The van der Waals surface area contributed by atoms with Crippen LogP contribution in [0.2, 0.25) is 0 Å². The van der Waals surface area contributed by atoms with Gasteiger partial charge in [0.2, 0.25) is 0 Å². The van der Waals surface area contributed by atoms with Gasteiger partial charge in [-0.25, -0.2) is 0 Å². The van der Waals surface area contributed by atoms with E-state index in [1.165, 1.54) is 6.21 Å². The van der Waals surface area contributed by atoms with E-state index in [0.717, 1.165) is 17.0 Å². The van der Waals surface area contributed by atoms with Crippen LogP contribution in [0.3, 0.4) is 0 Å². The number of para-hydroxylation sites is 1. The Morgan fingerprint density at radius 3 is 2.41 bits per heavy atom. The molecule has 0 aromatic heterocycles. The lowest BCUT2D eigenvalue weighted by atomic mass is 9.85. The first-order valence-corrected chi connectivity index (χ1v) is 7.44.